The van der Waals surface area contributed by atoms with Gasteiger partial charge in [-0.1, -0.05) is 36.4 Å². The van der Waals surface area contributed by atoms with Gasteiger partial charge in [-0.25, -0.2) is 5.43 Å². The van der Waals surface area contributed by atoms with Gasteiger partial charge in [0.1, 0.15) is 0 Å². The van der Waals surface area contributed by atoms with E-state index in [9.17, 15) is 4.79 Å². The average Bonchev–Trinajstić information content (AvgIpc) is 2.84. The molecule has 0 radical (unpaired) electrons. The fourth-order valence-corrected chi connectivity index (χ4v) is 4.57. The minimum Gasteiger partial charge on any atom is -0.493 e. The molecule has 1 heterocycles. The number of ether oxygens (including phenoxy) is 2. The van der Waals surface area contributed by atoms with Crippen molar-refractivity contribution in [2.24, 2.45) is 5.10 Å². The fraction of sp³-hybridized carbons (Fsp3) is 0.231. The van der Waals surface area contributed by atoms with Gasteiger partial charge < -0.3 is 9.47 Å². The molecule has 3 aromatic carbocycles. The third-order valence-corrected chi connectivity index (χ3v) is 6.26. The van der Waals surface area contributed by atoms with Crippen LogP contribution in [0.15, 0.2) is 70.2 Å². The molecule has 0 saturated heterocycles. The number of carbonyl (C=O) groups excluding carboxylic acids is 1. The molecule has 7 heteroatoms. The molecule has 0 atom stereocenters. The van der Waals surface area contributed by atoms with Crippen LogP contribution in [0.2, 0.25) is 0 Å². The van der Waals surface area contributed by atoms with Crippen molar-refractivity contribution in [3.63, 3.8) is 0 Å². The Morgan fingerprint density at radius 2 is 1.85 bits per heavy atom. The third-order valence-electron chi connectivity index (χ3n) is 5.67. The Balaban J connectivity index is 1.34. The van der Waals surface area contributed by atoms with Gasteiger partial charge in [-0.3, -0.25) is 9.69 Å². The zero-order valence-electron chi connectivity index (χ0n) is 18.7. The van der Waals surface area contributed by atoms with Crippen LogP contribution in [0, 0.1) is 0 Å². The number of amides is 1. The molecular weight excluding hydrogens is 482 g/mol. The molecule has 1 aliphatic heterocycles. The summed E-state index contributed by atoms with van der Waals surface area (Å²) in [6, 6.07) is 19.9. The van der Waals surface area contributed by atoms with Crippen LogP contribution in [-0.4, -0.2) is 37.8 Å². The number of hydrogen-bond donors (Lipinski definition) is 1. The molecule has 0 bridgehead atoms. The van der Waals surface area contributed by atoms with Crippen molar-refractivity contribution >= 4 is 28.1 Å². The van der Waals surface area contributed by atoms with Gasteiger partial charge in [-0.05, 0) is 68.9 Å². The zero-order chi connectivity index (χ0) is 23.2. The topological polar surface area (TPSA) is 63.2 Å². The fourth-order valence-electron chi connectivity index (χ4n) is 3.95. The number of benzene rings is 3. The van der Waals surface area contributed by atoms with E-state index in [0.29, 0.717) is 17.1 Å². The first-order valence-electron chi connectivity index (χ1n) is 10.7. The summed E-state index contributed by atoms with van der Waals surface area (Å²) < 4.78 is 11.4. The Bertz CT molecular complexity index is 1160. The second-order valence-corrected chi connectivity index (χ2v) is 8.72. The van der Waals surface area contributed by atoms with Gasteiger partial charge in [0.05, 0.1) is 24.9 Å². The lowest BCUT2D eigenvalue weighted by atomic mass is 9.99. The van der Waals surface area contributed by atoms with E-state index in [2.05, 4.69) is 55.6 Å². The maximum absolute atomic E-state index is 12.5. The highest BCUT2D eigenvalue weighted by Crippen LogP contribution is 2.35. The van der Waals surface area contributed by atoms with Crippen LogP contribution in [0.1, 0.15) is 32.6 Å². The van der Waals surface area contributed by atoms with E-state index in [1.54, 1.807) is 26.5 Å². The Kier molecular flexibility index (Phi) is 7.42. The zero-order valence-corrected chi connectivity index (χ0v) is 20.3. The van der Waals surface area contributed by atoms with Gasteiger partial charge >= 0.3 is 0 Å². The molecule has 3 aromatic rings. The van der Waals surface area contributed by atoms with Crippen LogP contribution in [0.5, 0.6) is 11.5 Å². The minimum absolute atomic E-state index is 0.260. The summed E-state index contributed by atoms with van der Waals surface area (Å²) in [5.74, 6) is 0.921. The van der Waals surface area contributed by atoms with Gasteiger partial charge in [0.25, 0.3) is 5.91 Å². The number of nitrogens with one attached hydrogen (secondary N) is 1. The molecule has 0 saturated carbocycles. The first-order chi connectivity index (χ1) is 16.1. The van der Waals surface area contributed by atoms with Crippen molar-refractivity contribution in [3.8, 4) is 11.5 Å². The predicted molar refractivity (Wildman–Crippen MR) is 133 cm³/mol. The standard InChI is InChI=1S/C26H26BrN3O3/c1-32-24-14-19(13-23(27)25(24)33-2)15-28-29-26(31)21-9-7-18(8-10-21)16-30-12-11-20-5-3-4-6-22(20)17-30/h3-10,13-15H,11-12,16-17H2,1-2H3,(H,29,31)/b28-15-. The molecule has 0 aromatic heterocycles. The van der Waals surface area contributed by atoms with Crippen molar-refractivity contribution < 1.29 is 14.3 Å². The Morgan fingerprint density at radius 3 is 2.58 bits per heavy atom. The molecule has 1 aliphatic rings. The number of hydrazone groups is 1. The van der Waals surface area contributed by atoms with E-state index in [-0.39, 0.29) is 5.91 Å². The molecule has 1 N–H and O–H groups in total. The summed E-state index contributed by atoms with van der Waals surface area (Å²) in [4.78, 5) is 14.9. The maximum atomic E-state index is 12.5. The molecule has 0 fully saturated rings. The minimum atomic E-state index is -0.260. The summed E-state index contributed by atoms with van der Waals surface area (Å²) in [6.45, 7) is 2.86. The predicted octanol–water partition coefficient (Wildman–Crippen LogP) is 4.79. The van der Waals surface area contributed by atoms with E-state index in [4.69, 9.17) is 9.47 Å². The van der Waals surface area contributed by atoms with E-state index in [1.165, 1.54) is 16.7 Å². The van der Waals surface area contributed by atoms with Gasteiger partial charge in [0.2, 0.25) is 0 Å². The number of halogens is 1. The second kappa shape index (κ2) is 10.6. The van der Waals surface area contributed by atoms with E-state index < -0.39 is 0 Å². The summed E-state index contributed by atoms with van der Waals surface area (Å²) in [5, 5.41) is 4.08. The molecule has 0 spiro atoms. The number of carbonyl (C=O) groups is 1. The Labute approximate surface area is 202 Å². The van der Waals surface area contributed by atoms with Gasteiger partial charge in [0.15, 0.2) is 11.5 Å². The molecule has 33 heavy (non-hydrogen) atoms. The number of nitrogens with zero attached hydrogens (tertiary/aromatic N) is 2. The van der Waals surface area contributed by atoms with Crippen LogP contribution in [-0.2, 0) is 19.5 Å². The van der Waals surface area contributed by atoms with Gasteiger partial charge in [0, 0.05) is 25.2 Å². The Hall–Kier alpha value is -3.16. The second-order valence-electron chi connectivity index (χ2n) is 7.86. The van der Waals surface area contributed by atoms with E-state index >= 15 is 0 Å². The molecule has 6 nitrogen and oxygen atoms in total. The number of fused-ring (bicyclic) bond motifs is 1. The van der Waals surface area contributed by atoms with Crippen molar-refractivity contribution in [2.45, 2.75) is 19.5 Å². The number of hydrogen-bond acceptors (Lipinski definition) is 5. The number of methoxy groups -OCH3 is 2. The normalized spacial score (nSPS) is 13.5. The first kappa shape index (κ1) is 23.0. The summed E-state index contributed by atoms with van der Waals surface area (Å²) >= 11 is 3.45. The lowest BCUT2D eigenvalue weighted by molar-refractivity contribution is 0.0955. The summed E-state index contributed by atoms with van der Waals surface area (Å²) in [5.41, 5.74) is 7.94. The first-order valence-corrected chi connectivity index (χ1v) is 11.5. The highest BCUT2D eigenvalue weighted by Gasteiger charge is 2.16. The molecule has 4 rings (SSSR count). The smallest absolute Gasteiger partial charge is 0.271 e. The van der Waals surface area contributed by atoms with Crippen molar-refractivity contribution in [3.05, 3.63) is 93.0 Å². The monoisotopic (exact) mass is 507 g/mol. The van der Waals surface area contributed by atoms with Crippen molar-refractivity contribution in [2.75, 3.05) is 20.8 Å². The average molecular weight is 508 g/mol. The van der Waals surface area contributed by atoms with Crippen LogP contribution >= 0.6 is 15.9 Å². The lowest BCUT2D eigenvalue weighted by Gasteiger charge is -2.28. The highest BCUT2D eigenvalue weighted by molar-refractivity contribution is 9.10. The van der Waals surface area contributed by atoms with Crippen LogP contribution in [0.4, 0.5) is 0 Å². The molecule has 0 unspecified atom stereocenters. The largest absolute Gasteiger partial charge is 0.493 e. The van der Waals surface area contributed by atoms with Gasteiger partial charge in [-0.15, -0.1) is 0 Å². The molecule has 1 amide bonds. The van der Waals surface area contributed by atoms with Crippen molar-refractivity contribution in [1.82, 2.24) is 10.3 Å². The van der Waals surface area contributed by atoms with Crippen LogP contribution in [0.3, 0.4) is 0 Å². The van der Waals surface area contributed by atoms with E-state index in [1.807, 2.05) is 30.3 Å². The Morgan fingerprint density at radius 1 is 1.09 bits per heavy atom. The molecule has 170 valence electrons. The summed E-state index contributed by atoms with van der Waals surface area (Å²) in [6.07, 6.45) is 2.64. The van der Waals surface area contributed by atoms with E-state index in [0.717, 1.165) is 36.1 Å². The van der Waals surface area contributed by atoms with Crippen molar-refractivity contribution in [1.29, 1.82) is 0 Å². The quantitative estimate of drug-likeness (QED) is 0.369. The third kappa shape index (κ3) is 5.61. The molecular formula is C26H26BrN3O3. The van der Waals surface area contributed by atoms with Crippen LogP contribution in [0.25, 0.3) is 0 Å². The maximum Gasteiger partial charge on any atom is 0.271 e. The number of rotatable bonds is 7. The van der Waals surface area contributed by atoms with Crippen LogP contribution < -0.4 is 14.9 Å². The SMILES string of the molecule is COc1cc(/C=N\NC(=O)c2ccc(CN3CCc4ccccc4C3)cc2)cc(Br)c1OC. The van der Waals surface area contributed by atoms with Gasteiger partial charge in [-0.2, -0.15) is 5.10 Å². The highest BCUT2D eigenvalue weighted by atomic mass is 79.9. The summed E-state index contributed by atoms with van der Waals surface area (Å²) in [7, 11) is 3.15. The lowest BCUT2D eigenvalue weighted by Crippen LogP contribution is -2.30. The molecule has 0 aliphatic carbocycles.